The summed E-state index contributed by atoms with van der Waals surface area (Å²) in [5, 5.41) is 23.0. The molecule has 33 heavy (non-hydrogen) atoms. The van der Waals surface area contributed by atoms with E-state index in [-0.39, 0.29) is 24.5 Å². The lowest BCUT2D eigenvalue weighted by atomic mass is 10.0. The molecule has 0 saturated heterocycles. The van der Waals surface area contributed by atoms with Crippen LogP contribution < -0.4 is 25.7 Å². The molecule has 3 N–H and O–H groups in total. The molecule has 2 amide bonds. The summed E-state index contributed by atoms with van der Waals surface area (Å²) in [6.45, 7) is 0.581. The van der Waals surface area contributed by atoms with Gasteiger partial charge >= 0.3 is 12.0 Å². The number of carboxylic acids is 1. The quantitative estimate of drug-likeness (QED) is 0.442. The standard InChI is InChI=1S/C23H26N4O6/c24-10-4-2-1-3-5-11-27-12-6-7-17(22(27)30)25-23(31)26-18(14-21(28)29)16-8-9-19-20(13-16)33-15-32-19/h6-9,12-13,18H,1-5,11,14-15H2,(H,28,29)(H2,25,26,31)/t18-/m0/s1. The number of nitrogens with zero attached hydrogens (tertiary/aromatic N) is 2. The maximum atomic E-state index is 12.7. The van der Waals surface area contributed by atoms with E-state index >= 15 is 0 Å². The first kappa shape index (κ1) is 23.7. The summed E-state index contributed by atoms with van der Waals surface area (Å²) in [5.74, 6) is -0.0642. The molecular weight excluding hydrogens is 428 g/mol. The van der Waals surface area contributed by atoms with Gasteiger partial charge in [0.05, 0.1) is 18.5 Å². The molecule has 1 aromatic carbocycles. The van der Waals surface area contributed by atoms with Gasteiger partial charge in [-0.1, -0.05) is 18.9 Å². The number of aromatic nitrogens is 1. The van der Waals surface area contributed by atoms with Crippen LogP contribution in [0.25, 0.3) is 0 Å². The number of nitriles is 1. The molecule has 0 unspecified atom stereocenters. The van der Waals surface area contributed by atoms with Crippen LogP contribution in [0.3, 0.4) is 0 Å². The van der Waals surface area contributed by atoms with Crippen molar-refractivity contribution < 1.29 is 24.2 Å². The van der Waals surface area contributed by atoms with Crippen molar-refractivity contribution in [1.29, 1.82) is 5.26 Å². The van der Waals surface area contributed by atoms with E-state index in [0.29, 0.717) is 30.0 Å². The molecule has 2 heterocycles. The van der Waals surface area contributed by atoms with Crippen molar-refractivity contribution in [2.24, 2.45) is 0 Å². The van der Waals surface area contributed by atoms with E-state index < -0.39 is 18.0 Å². The number of hydrogen-bond donors (Lipinski definition) is 3. The van der Waals surface area contributed by atoms with E-state index in [1.54, 1.807) is 30.5 Å². The Balaban J connectivity index is 1.62. The lowest BCUT2D eigenvalue weighted by molar-refractivity contribution is -0.137. The fourth-order valence-corrected chi connectivity index (χ4v) is 3.52. The third-order valence-corrected chi connectivity index (χ3v) is 5.19. The van der Waals surface area contributed by atoms with Crippen LogP contribution in [0.15, 0.2) is 41.3 Å². The molecule has 2 aromatic rings. The van der Waals surface area contributed by atoms with Crippen LogP contribution in [0.2, 0.25) is 0 Å². The average Bonchev–Trinajstić information content (AvgIpc) is 3.25. The van der Waals surface area contributed by atoms with Crippen molar-refractivity contribution in [2.75, 3.05) is 12.1 Å². The van der Waals surface area contributed by atoms with Gasteiger partial charge in [0, 0.05) is 19.2 Å². The van der Waals surface area contributed by atoms with Crippen LogP contribution in [0, 0.1) is 11.3 Å². The molecule has 10 nitrogen and oxygen atoms in total. The van der Waals surface area contributed by atoms with Crippen molar-refractivity contribution in [1.82, 2.24) is 9.88 Å². The second kappa shape index (κ2) is 11.6. The van der Waals surface area contributed by atoms with Gasteiger partial charge in [0.2, 0.25) is 6.79 Å². The molecule has 0 fully saturated rings. The van der Waals surface area contributed by atoms with E-state index in [1.807, 2.05) is 0 Å². The fraction of sp³-hybridized carbons (Fsp3) is 0.391. The Morgan fingerprint density at radius 2 is 1.94 bits per heavy atom. The number of benzene rings is 1. The summed E-state index contributed by atoms with van der Waals surface area (Å²) in [4.78, 5) is 36.6. The highest BCUT2D eigenvalue weighted by atomic mass is 16.7. The first-order valence-electron chi connectivity index (χ1n) is 10.7. The molecule has 3 rings (SSSR count). The van der Waals surface area contributed by atoms with E-state index in [0.717, 1.165) is 25.7 Å². The summed E-state index contributed by atoms with van der Waals surface area (Å²) in [6, 6.07) is 8.69. The lowest BCUT2D eigenvalue weighted by Crippen LogP contribution is -2.36. The summed E-state index contributed by atoms with van der Waals surface area (Å²) < 4.78 is 12.1. The first-order valence-corrected chi connectivity index (χ1v) is 10.7. The maximum absolute atomic E-state index is 12.7. The number of carboxylic acid groups (broad SMARTS) is 1. The number of fused-ring (bicyclic) bond motifs is 1. The van der Waals surface area contributed by atoms with Gasteiger partial charge in [-0.15, -0.1) is 0 Å². The molecule has 10 heteroatoms. The molecule has 0 bridgehead atoms. The smallest absolute Gasteiger partial charge is 0.319 e. The van der Waals surface area contributed by atoms with Crippen LogP contribution in [-0.2, 0) is 11.3 Å². The number of hydrogen-bond acceptors (Lipinski definition) is 6. The molecular formula is C23H26N4O6. The lowest BCUT2D eigenvalue weighted by Gasteiger charge is -2.18. The predicted octanol–water partition coefficient (Wildman–Crippen LogP) is 3.39. The topological polar surface area (TPSA) is 143 Å². The molecule has 1 aromatic heterocycles. The van der Waals surface area contributed by atoms with Gasteiger partial charge in [-0.2, -0.15) is 5.26 Å². The number of urea groups is 1. The third kappa shape index (κ3) is 6.74. The van der Waals surface area contributed by atoms with Crippen molar-refractivity contribution in [2.45, 2.75) is 51.1 Å². The Kier molecular flexibility index (Phi) is 8.30. The van der Waals surface area contributed by atoms with Crippen molar-refractivity contribution >= 4 is 17.7 Å². The summed E-state index contributed by atoms with van der Waals surface area (Å²) >= 11 is 0. The molecule has 174 valence electrons. The Labute approximate surface area is 190 Å². The van der Waals surface area contributed by atoms with E-state index in [4.69, 9.17) is 14.7 Å². The SMILES string of the molecule is N#CCCCCCCn1cccc(NC(=O)N[C@@H](CC(=O)O)c2ccc3c(c2)OCO3)c1=O. The van der Waals surface area contributed by atoms with Gasteiger partial charge < -0.3 is 29.8 Å². The summed E-state index contributed by atoms with van der Waals surface area (Å²) in [7, 11) is 0. The highest BCUT2D eigenvalue weighted by Gasteiger charge is 2.22. The number of carbonyl (C=O) groups is 2. The van der Waals surface area contributed by atoms with Crippen molar-refractivity contribution in [3.8, 4) is 17.6 Å². The van der Waals surface area contributed by atoms with Gasteiger partial charge in [0.25, 0.3) is 5.56 Å². The number of rotatable bonds is 11. The molecule has 1 aliphatic rings. The molecule has 0 aliphatic carbocycles. The fourth-order valence-electron chi connectivity index (χ4n) is 3.52. The van der Waals surface area contributed by atoms with Crippen LogP contribution in [0.4, 0.5) is 10.5 Å². The third-order valence-electron chi connectivity index (χ3n) is 5.19. The highest BCUT2D eigenvalue weighted by Crippen LogP contribution is 2.34. The van der Waals surface area contributed by atoms with Gasteiger partial charge in [-0.25, -0.2) is 4.79 Å². The molecule has 1 aliphatic heterocycles. The van der Waals surface area contributed by atoms with E-state index in [2.05, 4.69) is 16.7 Å². The number of pyridine rings is 1. The van der Waals surface area contributed by atoms with Gasteiger partial charge in [-0.3, -0.25) is 9.59 Å². The van der Waals surface area contributed by atoms with E-state index in [9.17, 15) is 19.5 Å². The Morgan fingerprint density at radius 1 is 1.15 bits per heavy atom. The minimum Gasteiger partial charge on any atom is -0.481 e. The zero-order valence-corrected chi connectivity index (χ0v) is 18.1. The number of anilines is 1. The van der Waals surface area contributed by atoms with Gasteiger partial charge in [0.1, 0.15) is 5.69 Å². The average molecular weight is 454 g/mol. The maximum Gasteiger partial charge on any atom is 0.319 e. The molecule has 0 saturated carbocycles. The van der Waals surface area contributed by atoms with Crippen molar-refractivity contribution in [3.05, 3.63) is 52.4 Å². The van der Waals surface area contributed by atoms with Crippen LogP contribution in [-0.4, -0.2) is 28.5 Å². The highest BCUT2D eigenvalue weighted by molar-refractivity contribution is 5.89. The molecule has 0 radical (unpaired) electrons. The number of ether oxygens (including phenoxy) is 2. The normalized spacial score (nSPS) is 12.6. The Morgan fingerprint density at radius 3 is 2.73 bits per heavy atom. The van der Waals surface area contributed by atoms with Crippen LogP contribution >= 0.6 is 0 Å². The second-order valence-electron chi connectivity index (χ2n) is 7.60. The number of unbranched alkanes of at least 4 members (excludes halogenated alkanes) is 4. The van der Waals surface area contributed by atoms with Gasteiger partial charge in [0.15, 0.2) is 11.5 Å². The van der Waals surface area contributed by atoms with Gasteiger partial charge in [-0.05, 0) is 42.7 Å². The predicted molar refractivity (Wildman–Crippen MR) is 119 cm³/mol. The number of carbonyl (C=O) groups excluding carboxylic acids is 1. The summed E-state index contributed by atoms with van der Waals surface area (Å²) in [6.07, 6.45) is 5.29. The Bertz CT molecular complexity index is 1090. The minimum atomic E-state index is -1.09. The van der Waals surface area contributed by atoms with E-state index in [1.165, 1.54) is 10.6 Å². The first-order chi connectivity index (χ1) is 16.0. The van der Waals surface area contributed by atoms with Crippen LogP contribution in [0.1, 0.15) is 50.1 Å². The van der Waals surface area contributed by atoms with Crippen molar-refractivity contribution in [3.63, 3.8) is 0 Å². The number of amides is 2. The molecule has 1 atom stereocenters. The second-order valence-corrected chi connectivity index (χ2v) is 7.60. The monoisotopic (exact) mass is 454 g/mol. The minimum absolute atomic E-state index is 0.0798. The number of aryl methyl sites for hydroxylation is 1. The molecule has 0 spiro atoms. The Hall–Kier alpha value is -4.00. The summed E-state index contributed by atoms with van der Waals surface area (Å²) in [5.41, 5.74) is 0.292. The number of nitrogens with one attached hydrogen (secondary N) is 2. The largest absolute Gasteiger partial charge is 0.481 e. The number of aliphatic carboxylic acids is 1. The zero-order chi connectivity index (χ0) is 23.6. The van der Waals surface area contributed by atoms with Crippen LogP contribution in [0.5, 0.6) is 11.5 Å². The zero-order valence-electron chi connectivity index (χ0n) is 18.1.